The molecule has 4 rings (SSSR count). The molecule has 0 aromatic rings. The Balaban J connectivity index is 2.00. The van der Waals surface area contributed by atoms with Crippen molar-refractivity contribution < 1.29 is 4.74 Å². The minimum atomic E-state index is 0.565. The predicted octanol–water partition coefficient (Wildman–Crippen LogP) is 1.88. The zero-order chi connectivity index (χ0) is 6.55. The SMILES string of the molecule is C1=C2C3CC(O3)C2CCC1. The van der Waals surface area contributed by atoms with E-state index in [1.54, 1.807) is 5.57 Å². The van der Waals surface area contributed by atoms with Crippen LogP contribution in [0.3, 0.4) is 0 Å². The van der Waals surface area contributed by atoms with Crippen LogP contribution in [0.25, 0.3) is 0 Å². The minimum Gasteiger partial charge on any atom is -0.370 e. The second-order valence-electron chi connectivity index (χ2n) is 3.64. The molecule has 0 aromatic heterocycles. The first-order valence-electron chi connectivity index (χ1n) is 4.30. The van der Waals surface area contributed by atoms with Crippen LogP contribution < -0.4 is 0 Å². The third-order valence-corrected chi connectivity index (χ3v) is 3.13. The van der Waals surface area contributed by atoms with E-state index in [0.29, 0.717) is 12.2 Å². The van der Waals surface area contributed by atoms with E-state index >= 15 is 0 Å². The Kier molecular flexibility index (Phi) is 0.883. The van der Waals surface area contributed by atoms with Crippen molar-refractivity contribution in [1.29, 1.82) is 0 Å². The van der Waals surface area contributed by atoms with Crippen LogP contribution >= 0.6 is 0 Å². The van der Waals surface area contributed by atoms with Gasteiger partial charge in [-0.05, 0) is 24.8 Å². The molecule has 0 spiro atoms. The Morgan fingerprint density at radius 2 is 2.40 bits per heavy atom. The Morgan fingerprint density at radius 3 is 3.20 bits per heavy atom. The molecule has 2 saturated heterocycles. The smallest absolute Gasteiger partial charge is 0.0817 e. The molecule has 0 N–H and O–H groups in total. The standard InChI is InChI=1S/C9H12O/c1-2-4-7-6(3-1)8-5-9(7)10-8/h3,7-9H,1-2,4-5H2. The van der Waals surface area contributed by atoms with E-state index in [-0.39, 0.29) is 0 Å². The van der Waals surface area contributed by atoms with Gasteiger partial charge >= 0.3 is 0 Å². The molecule has 2 aliphatic carbocycles. The Morgan fingerprint density at radius 1 is 1.50 bits per heavy atom. The molecule has 1 nitrogen and oxygen atoms in total. The molecule has 4 aliphatic rings. The number of allylic oxidation sites excluding steroid dienone is 1. The average molecular weight is 136 g/mol. The highest BCUT2D eigenvalue weighted by molar-refractivity contribution is 5.27. The van der Waals surface area contributed by atoms with E-state index in [1.165, 1.54) is 25.7 Å². The quantitative estimate of drug-likeness (QED) is 0.462. The van der Waals surface area contributed by atoms with Crippen LogP contribution in [0.2, 0.25) is 0 Å². The molecule has 3 fully saturated rings. The zero-order valence-electron chi connectivity index (χ0n) is 6.05. The molecule has 0 aromatic carbocycles. The van der Waals surface area contributed by atoms with Gasteiger partial charge < -0.3 is 4.74 Å². The van der Waals surface area contributed by atoms with E-state index in [0.717, 1.165) is 5.92 Å². The summed E-state index contributed by atoms with van der Waals surface area (Å²) in [4.78, 5) is 0. The fourth-order valence-corrected chi connectivity index (χ4v) is 2.58. The van der Waals surface area contributed by atoms with Crippen LogP contribution in [0, 0.1) is 5.92 Å². The Labute approximate surface area is 61.1 Å². The lowest BCUT2D eigenvalue weighted by molar-refractivity contribution is -0.0701. The van der Waals surface area contributed by atoms with Crippen LogP contribution in [0.4, 0.5) is 0 Å². The molecule has 0 radical (unpaired) electrons. The molecule has 3 unspecified atom stereocenters. The highest BCUT2D eigenvalue weighted by Gasteiger charge is 2.49. The van der Waals surface area contributed by atoms with Crippen LogP contribution in [0.1, 0.15) is 25.7 Å². The summed E-state index contributed by atoms with van der Waals surface area (Å²) in [6, 6.07) is 0. The molecular weight excluding hydrogens is 124 g/mol. The maximum Gasteiger partial charge on any atom is 0.0817 e. The fourth-order valence-electron chi connectivity index (χ4n) is 2.58. The first kappa shape index (κ1) is 5.36. The summed E-state index contributed by atoms with van der Waals surface area (Å²) >= 11 is 0. The molecule has 2 bridgehead atoms. The lowest BCUT2D eigenvalue weighted by Gasteiger charge is -2.24. The second kappa shape index (κ2) is 1.65. The topological polar surface area (TPSA) is 9.23 Å². The van der Waals surface area contributed by atoms with Crippen LogP contribution in [0.15, 0.2) is 11.6 Å². The number of hydrogen-bond acceptors (Lipinski definition) is 1. The monoisotopic (exact) mass is 136 g/mol. The average Bonchev–Trinajstić information content (AvgIpc) is 2.36. The predicted molar refractivity (Wildman–Crippen MR) is 38.7 cm³/mol. The van der Waals surface area contributed by atoms with Gasteiger partial charge in [-0.2, -0.15) is 0 Å². The summed E-state index contributed by atoms with van der Waals surface area (Å²) in [5.74, 6) is 0.846. The fraction of sp³-hybridized carbons (Fsp3) is 0.778. The molecule has 54 valence electrons. The van der Waals surface area contributed by atoms with Crippen LogP contribution in [-0.2, 0) is 4.74 Å². The molecule has 1 saturated carbocycles. The van der Waals surface area contributed by atoms with E-state index in [4.69, 9.17) is 4.74 Å². The summed E-state index contributed by atoms with van der Waals surface area (Å²) in [7, 11) is 0. The third-order valence-electron chi connectivity index (χ3n) is 3.13. The zero-order valence-corrected chi connectivity index (χ0v) is 6.05. The van der Waals surface area contributed by atoms with Crippen molar-refractivity contribution in [2.75, 3.05) is 0 Å². The first-order chi connectivity index (χ1) is 4.95. The van der Waals surface area contributed by atoms with Crippen LogP contribution in [0.5, 0.6) is 0 Å². The van der Waals surface area contributed by atoms with Crippen molar-refractivity contribution >= 4 is 0 Å². The summed E-state index contributed by atoms with van der Waals surface area (Å²) in [5.41, 5.74) is 1.65. The van der Waals surface area contributed by atoms with E-state index in [9.17, 15) is 0 Å². The third kappa shape index (κ3) is 0.485. The maximum atomic E-state index is 5.63. The van der Waals surface area contributed by atoms with Crippen molar-refractivity contribution in [1.82, 2.24) is 0 Å². The first-order valence-corrected chi connectivity index (χ1v) is 4.30. The van der Waals surface area contributed by atoms with Crippen molar-refractivity contribution in [3.05, 3.63) is 11.6 Å². The summed E-state index contributed by atoms with van der Waals surface area (Å²) < 4.78 is 5.63. The van der Waals surface area contributed by atoms with Crippen LogP contribution in [-0.4, -0.2) is 12.2 Å². The van der Waals surface area contributed by atoms with Gasteiger partial charge in [-0.1, -0.05) is 6.08 Å². The van der Waals surface area contributed by atoms with E-state index in [2.05, 4.69) is 6.08 Å². The Hall–Kier alpha value is -0.300. The molecular formula is C9H12O. The lowest BCUT2D eigenvalue weighted by atomic mass is 9.90. The molecule has 2 heterocycles. The van der Waals surface area contributed by atoms with Gasteiger partial charge in [-0.3, -0.25) is 0 Å². The van der Waals surface area contributed by atoms with Gasteiger partial charge in [0, 0.05) is 12.3 Å². The maximum absolute atomic E-state index is 5.63. The Bertz CT molecular complexity index is 189. The van der Waals surface area contributed by atoms with E-state index in [1.807, 2.05) is 0 Å². The lowest BCUT2D eigenvalue weighted by Crippen LogP contribution is -2.28. The number of rotatable bonds is 0. The second-order valence-corrected chi connectivity index (χ2v) is 3.64. The van der Waals surface area contributed by atoms with Gasteiger partial charge in [0.25, 0.3) is 0 Å². The van der Waals surface area contributed by atoms with Crippen molar-refractivity contribution in [2.45, 2.75) is 37.9 Å². The highest BCUT2D eigenvalue weighted by Crippen LogP contribution is 2.49. The molecule has 1 heteroatoms. The normalized spacial score (nSPS) is 49.6. The molecule has 2 aliphatic heterocycles. The molecule has 10 heavy (non-hydrogen) atoms. The van der Waals surface area contributed by atoms with Gasteiger partial charge in [-0.15, -0.1) is 0 Å². The van der Waals surface area contributed by atoms with Gasteiger partial charge in [0.2, 0.25) is 0 Å². The summed E-state index contributed by atoms with van der Waals surface area (Å²) in [6.45, 7) is 0. The highest BCUT2D eigenvalue weighted by atomic mass is 16.5. The summed E-state index contributed by atoms with van der Waals surface area (Å²) in [5, 5.41) is 0. The van der Waals surface area contributed by atoms with Gasteiger partial charge in [0.1, 0.15) is 0 Å². The van der Waals surface area contributed by atoms with E-state index < -0.39 is 0 Å². The largest absolute Gasteiger partial charge is 0.370 e. The van der Waals surface area contributed by atoms with Gasteiger partial charge in [0.05, 0.1) is 12.2 Å². The summed E-state index contributed by atoms with van der Waals surface area (Å²) in [6.07, 6.45) is 9.04. The van der Waals surface area contributed by atoms with Gasteiger partial charge in [0.15, 0.2) is 0 Å². The van der Waals surface area contributed by atoms with Crippen molar-refractivity contribution in [2.24, 2.45) is 5.92 Å². The molecule has 3 atom stereocenters. The van der Waals surface area contributed by atoms with Gasteiger partial charge in [-0.25, -0.2) is 0 Å². The number of hydrogen-bond donors (Lipinski definition) is 0. The number of ether oxygens (including phenoxy) is 1. The van der Waals surface area contributed by atoms with Crippen molar-refractivity contribution in [3.8, 4) is 0 Å². The minimum absolute atomic E-state index is 0.565. The molecule has 0 amide bonds. The van der Waals surface area contributed by atoms with Crippen molar-refractivity contribution in [3.63, 3.8) is 0 Å².